The average molecular weight is 345 g/mol. The van der Waals surface area contributed by atoms with Gasteiger partial charge in [-0.15, -0.1) is 0 Å². The molecule has 1 aromatic rings. The quantitative estimate of drug-likeness (QED) is 0.849. The molecule has 2 aliphatic rings. The molecule has 0 saturated carbocycles. The minimum Gasteiger partial charge on any atom is -0.393 e. The molecule has 2 aliphatic heterocycles. The summed E-state index contributed by atoms with van der Waals surface area (Å²) in [4.78, 5) is 7.83. The topological polar surface area (TPSA) is 39.6 Å². The highest BCUT2D eigenvalue weighted by Crippen LogP contribution is 2.29. The fraction of sp³-hybridized carbons (Fsp3) is 0.706. The summed E-state index contributed by atoms with van der Waals surface area (Å²) in [5, 5.41) is 9.00. The van der Waals surface area contributed by atoms with Crippen molar-refractivity contribution < 1.29 is 18.3 Å². The fourth-order valence-corrected chi connectivity index (χ4v) is 2.88. The zero-order valence-electron chi connectivity index (χ0n) is 14.1. The Morgan fingerprint density at radius 2 is 1.67 bits per heavy atom. The van der Waals surface area contributed by atoms with E-state index in [0.717, 1.165) is 64.3 Å². The zero-order chi connectivity index (χ0) is 17.6. The first-order valence-electron chi connectivity index (χ1n) is 8.52. The van der Waals surface area contributed by atoms with Gasteiger partial charge in [0.1, 0.15) is 11.5 Å². The van der Waals surface area contributed by atoms with Gasteiger partial charge in [-0.2, -0.15) is 13.2 Å². The molecule has 1 N–H and O–H groups in total. The van der Waals surface area contributed by atoms with Gasteiger partial charge in [-0.05, 0) is 51.3 Å². The maximum Gasteiger partial charge on any atom is 0.433 e. The number of alkyl halides is 3. The standard InChI is InChI=1S/C11H13F3N2.C6H13NO/c12-11(13,14)9-5-4-6-10(15-9)16-7-2-1-3-8-16;1-7-4-2-6(8)3-5-7/h4-6H,1-3,7-8H2;6,8H,2-5H2,1H3. The SMILES string of the molecule is CN1CCC(O)CC1.FC(F)(F)c1cccc(N2CCCCC2)n1. The van der Waals surface area contributed by atoms with Crippen molar-refractivity contribution in [1.29, 1.82) is 0 Å². The smallest absolute Gasteiger partial charge is 0.393 e. The van der Waals surface area contributed by atoms with Crippen molar-refractivity contribution in [2.75, 3.05) is 38.1 Å². The summed E-state index contributed by atoms with van der Waals surface area (Å²) >= 11 is 0. The number of halogens is 3. The van der Waals surface area contributed by atoms with Crippen molar-refractivity contribution in [3.63, 3.8) is 0 Å². The molecule has 24 heavy (non-hydrogen) atoms. The minimum absolute atomic E-state index is 0.0220. The lowest BCUT2D eigenvalue weighted by Gasteiger charge is -2.28. The van der Waals surface area contributed by atoms with Crippen LogP contribution in [0.25, 0.3) is 0 Å². The van der Waals surface area contributed by atoms with E-state index in [1.54, 1.807) is 6.07 Å². The summed E-state index contributed by atoms with van der Waals surface area (Å²) in [6.07, 6.45) is 0.732. The largest absolute Gasteiger partial charge is 0.433 e. The molecule has 7 heteroatoms. The lowest BCUT2D eigenvalue weighted by Crippen LogP contribution is -2.32. The maximum absolute atomic E-state index is 12.5. The van der Waals surface area contributed by atoms with Crippen LogP contribution in [0.1, 0.15) is 37.8 Å². The summed E-state index contributed by atoms with van der Waals surface area (Å²) in [6, 6.07) is 4.06. The molecule has 4 nitrogen and oxygen atoms in total. The Bertz CT molecular complexity index is 486. The van der Waals surface area contributed by atoms with Gasteiger partial charge in [0.2, 0.25) is 0 Å². The monoisotopic (exact) mass is 345 g/mol. The Kier molecular flexibility index (Phi) is 6.86. The predicted molar refractivity (Wildman–Crippen MR) is 88.0 cm³/mol. The van der Waals surface area contributed by atoms with Crippen molar-refractivity contribution >= 4 is 5.82 Å². The molecule has 3 rings (SSSR count). The molecule has 136 valence electrons. The number of aromatic nitrogens is 1. The Hall–Kier alpha value is -1.34. The molecule has 2 fully saturated rings. The number of aliphatic hydroxyl groups excluding tert-OH is 1. The first kappa shape index (κ1) is 19.0. The normalized spacial score (nSPS) is 20.5. The Balaban J connectivity index is 0.000000219. The lowest BCUT2D eigenvalue weighted by molar-refractivity contribution is -0.141. The van der Waals surface area contributed by atoms with E-state index in [4.69, 9.17) is 5.11 Å². The summed E-state index contributed by atoms with van der Waals surface area (Å²) in [6.45, 7) is 3.71. The van der Waals surface area contributed by atoms with Gasteiger partial charge in [0.05, 0.1) is 6.10 Å². The first-order chi connectivity index (χ1) is 11.4. The van der Waals surface area contributed by atoms with E-state index < -0.39 is 11.9 Å². The second-order valence-electron chi connectivity index (χ2n) is 6.46. The van der Waals surface area contributed by atoms with Crippen molar-refractivity contribution in [2.45, 2.75) is 44.4 Å². The van der Waals surface area contributed by atoms with Crippen LogP contribution in [0.4, 0.5) is 19.0 Å². The van der Waals surface area contributed by atoms with Gasteiger partial charge >= 0.3 is 6.18 Å². The molecule has 2 saturated heterocycles. The van der Waals surface area contributed by atoms with Crippen molar-refractivity contribution in [3.05, 3.63) is 23.9 Å². The van der Waals surface area contributed by atoms with Crippen molar-refractivity contribution in [3.8, 4) is 0 Å². The number of anilines is 1. The number of piperidine rings is 2. The molecule has 0 radical (unpaired) electrons. The van der Waals surface area contributed by atoms with E-state index in [2.05, 4.69) is 16.9 Å². The van der Waals surface area contributed by atoms with Crippen LogP contribution < -0.4 is 4.90 Å². The average Bonchev–Trinajstić information content (AvgIpc) is 2.58. The van der Waals surface area contributed by atoms with Gasteiger partial charge in [0, 0.05) is 26.2 Å². The Morgan fingerprint density at radius 1 is 1.04 bits per heavy atom. The van der Waals surface area contributed by atoms with Crippen LogP contribution in [0.15, 0.2) is 18.2 Å². The molecule has 1 aromatic heterocycles. The molecular formula is C17H26F3N3O. The van der Waals surface area contributed by atoms with Gasteiger partial charge in [-0.25, -0.2) is 4.98 Å². The molecule has 0 amide bonds. The van der Waals surface area contributed by atoms with E-state index >= 15 is 0 Å². The minimum atomic E-state index is -4.36. The highest BCUT2D eigenvalue weighted by atomic mass is 19.4. The number of pyridine rings is 1. The van der Waals surface area contributed by atoms with Crippen molar-refractivity contribution in [2.24, 2.45) is 0 Å². The third-order valence-electron chi connectivity index (χ3n) is 4.39. The predicted octanol–water partition coefficient (Wildman–Crippen LogP) is 3.16. The van der Waals surface area contributed by atoms with E-state index in [1.165, 1.54) is 6.07 Å². The van der Waals surface area contributed by atoms with Gasteiger partial charge in [-0.1, -0.05) is 6.07 Å². The highest BCUT2D eigenvalue weighted by Gasteiger charge is 2.32. The number of hydrogen-bond acceptors (Lipinski definition) is 4. The Labute approximate surface area is 141 Å². The van der Waals surface area contributed by atoms with E-state index in [-0.39, 0.29) is 6.10 Å². The molecule has 0 aromatic carbocycles. The van der Waals surface area contributed by atoms with Gasteiger partial charge in [0.15, 0.2) is 0 Å². The van der Waals surface area contributed by atoms with Gasteiger partial charge < -0.3 is 14.9 Å². The van der Waals surface area contributed by atoms with E-state index in [1.807, 2.05) is 4.90 Å². The first-order valence-corrected chi connectivity index (χ1v) is 8.52. The van der Waals surface area contributed by atoms with Crippen molar-refractivity contribution in [1.82, 2.24) is 9.88 Å². The number of hydrogen-bond donors (Lipinski definition) is 1. The molecular weight excluding hydrogens is 319 g/mol. The number of aliphatic hydroxyl groups is 1. The summed E-state index contributed by atoms with van der Waals surface area (Å²) in [5.74, 6) is 0.439. The van der Waals surface area contributed by atoms with E-state index in [9.17, 15) is 13.2 Å². The van der Waals surface area contributed by atoms with Gasteiger partial charge in [0.25, 0.3) is 0 Å². The van der Waals surface area contributed by atoms with Gasteiger partial charge in [-0.3, -0.25) is 0 Å². The summed E-state index contributed by atoms with van der Waals surface area (Å²) < 4.78 is 37.4. The lowest BCUT2D eigenvalue weighted by atomic mass is 10.1. The van der Waals surface area contributed by atoms with Crippen LogP contribution in [0.2, 0.25) is 0 Å². The van der Waals surface area contributed by atoms with Crippen LogP contribution in [0.5, 0.6) is 0 Å². The van der Waals surface area contributed by atoms with E-state index in [0.29, 0.717) is 5.82 Å². The van der Waals surface area contributed by atoms with Crippen LogP contribution in [-0.2, 0) is 6.18 Å². The number of nitrogens with zero attached hydrogens (tertiary/aromatic N) is 3. The van der Waals surface area contributed by atoms with Crippen LogP contribution in [0.3, 0.4) is 0 Å². The Morgan fingerprint density at radius 3 is 2.21 bits per heavy atom. The fourth-order valence-electron chi connectivity index (χ4n) is 2.88. The number of likely N-dealkylation sites (tertiary alicyclic amines) is 1. The third-order valence-corrected chi connectivity index (χ3v) is 4.39. The van der Waals surface area contributed by atoms with Crippen LogP contribution >= 0.6 is 0 Å². The molecule has 0 aliphatic carbocycles. The molecule has 3 heterocycles. The zero-order valence-corrected chi connectivity index (χ0v) is 14.1. The van der Waals surface area contributed by atoms with Crippen LogP contribution in [-0.4, -0.2) is 54.3 Å². The maximum atomic E-state index is 12.5. The molecule has 0 atom stereocenters. The highest BCUT2D eigenvalue weighted by molar-refractivity contribution is 5.40. The molecule has 0 unspecified atom stereocenters. The summed E-state index contributed by atoms with van der Waals surface area (Å²) in [7, 11) is 2.09. The second kappa shape index (κ2) is 8.67. The number of rotatable bonds is 1. The second-order valence-corrected chi connectivity index (χ2v) is 6.46. The summed E-state index contributed by atoms with van der Waals surface area (Å²) in [5.41, 5.74) is -0.810. The molecule has 0 spiro atoms. The van der Waals surface area contributed by atoms with Crippen LogP contribution in [0, 0.1) is 0 Å². The third kappa shape index (κ3) is 5.94. The molecule has 0 bridgehead atoms.